The molecule has 2 aliphatic rings. The summed E-state index contributed by atoms with van der Waals surface area (Å²) in [6.07, 6.45) is 14.1. The molecule has 1 spiro atoms. The number of nitrogens with zero attached hydrogens (tertiary/aromatic N) is 4. The van der Waals surface area contributed by atoms with E-state index in [0.717, 1.165) is 40.8 Å². The molecule has 2 aliphatic carbocycles. The molecule has 8 aromatic rings. The van der Waals surface area contributed by atoms with E-state index in [0.29, 0.717) is 17.5 Å². The minimum atomic E-state index is -0.439. The molecule has 0 fully saturated rings. The van der Waals surface area contributed by atoms with Crippen molar-refractivity contribution in [2.75, 3.05) is 0 Å². The molecule has 2 heterocycles. The summed E-state index contributed by atoms with van der Waals surface area (Å²) in [4.78, 5) is 19.9. The van der Waals surface area contributed by atoms with Gasteiger partial charge in [-0.2, -0.15) is 0 Å². The third kappa shape index (κ3) is 7.56. The number of hydrogen-bond donors (Lipinski definition) is 0. The summed E-state index contributed by atoms with van der Waals surface area (Å²) < 4.78 is 0. The van der Waals surface area contributed by atoms with Gasteiger partial charge in [0.15, 0.2) is 17.5 Å². The van der Waals surface area contributed by atoms with Crippen molar-refractivity contribution in [2.45, 2.75) is 83.5 Å². The van der Waals surface area contributed by atoms with Crippen molar-refractivity contribution in [3.8, 4) is 67.7 Å². The molecular weight excluding hydrogens is 933 g/mol. The number of aryl methyl sites for hydroxylation is 2. The number of aromatic nitrogens is 4. The predicted octanol–water partition coefficient (Wildman–Crippen LogP) is 14.3. The van der Waals surface area contributed by atoms with Crippen LogP contribution in [0.1, 0.15) is 98.6 Å². The van der Waals surface area contributed by atoms with Gasteiger partial charge in [-0.15, -0.1) is 29.3 Å². The van der Waals surface area contributed by atoms with Gasteiger partial charge in [0, 0.05) is 43.0 Å². The van der Waals surface area contributed by atoms with Crippen LogP contribution in [0.3, 0.4) is 0 Å². The number of pyridine rings is 1. The molecular formula is C57H51IrN4-. The smallest absolute Gasteiger partial charge is 0.165 e. The van der Waals surface area contributed by atoms with E-state index in [2.05, 4.69) is 105 Å². The average molecular weight is 984 g/mol. The molecule has 0 atom stereocenters. The van der Waals surface area contributed by atoms with E-state index in [1.807, 2.05) is 66.9 Å². The van der Waals surface area contributed by atoms with E-state index < -0.39 is 5.41 Å². The number of fused-ring (bicyclic) bond motifs is 10. The first-order valence-electron chi connectivity index (χ1n) is 22.4. The Hall–Kier alpha value is -5.87. The second-order valence-corrected chi connectivity index (χ2v) is 16.8. The van der Waals surface area contributed by atoms with Crippen LogP contribution >= 0.6 is 0 Å². The van der Waals surface area contributed by atoms with Gasteiger partial charge in [-0.25, -0.2) is 15.0 Å². The molecule has 0 bridgehead atoms. The molecule has 0 saturated carbocycles. The molecule has 10 rings (SSSR count). The maximum absolute atomic E-state index is 5.10. The minimum absolute atomic E-state index is 0. The first-order chi connectivity index (χ1) is 30.1. The Morgan fingerprint density at radius 1 is 0.452 bits per heavy atom. The Morgan fingerprint density at radius 2 is 0.968 bits per heavy atom. The quantitative estimate of drug-likeness (QED) is 0.0805. The first-order valence-corrected chi connectivity index (χ1v) is 22.4. The fourth-order valence-corrected chi connectivity index (χ4v) is 9.81. The van der Waals surface area contributed by atoms with E-state index in [9.17, 15) is 0 Å². The van der Waals surface area contributed by atoms with Crippen LogP contribution in [0, 0.1) is 6.07 Å². The summed E-state index contributed by atoms with van der Waals surface area (Å²) in [5.41, 5.74) is 17.7. The molecule has 6 aromatic carbocycles. The first kappa shape index (κ1) is 41.5. The third-order valence-electron chi connectivity index (χ3n) is 12.9. The Morgan fingerprint density at radius 3 is 1.52 bits per heavy atom. The third-order valence-corrected chi connectivity index (χ3v) is 12.9. The second kappa shape index (κ2) is 18.2. The summed E-state index contributed by atoms with van der Waals surface area (Å²) in [7, 11) is 0. The Bertz CT molecular complexity index is 2710. The van der Waals surface area contributed by atoms with Gasteiger partial charge in [0.25, 0.3) is 0 Å². The van der Waals surface area contributed by atoms with Crippen LogP contribution in [0.5, 0.6) is 0 Å². The van der Waals surface area contributed by atoms with Gasteiger partial charge in [0.1, 0.15) is 0 Å². The van der Waals surface area contributed by atoms with E-state index in [4.69, 9.17) is 19.9 Å². The van der Waals surface area contributed by atoms with Crippen molar-refractivity contribution in [1.29, 1.82) is 0 Å². The molecule has 5 heteroatoms. The molecule has 2 aromatic heterocycles. The predicted molar refractivity (Wildman–Crippen MR) is 250 cm³/mol. The number of unbranched alkanes of at least 4 members (excludes halogenated alkanes) is 6. The minimum Gasteiger partial charge on any atom is -0.304 e. The molecule has 0 saturated heterocycles. The standard InChI is InChI=1S/C57H51N4.Ir/c1-3-5-7-11-19-39-27-31-46-47-32-28-40(20-12-8-6-4-2)36-51(47)57(50(46)35-39)49-26-18-17-25-45(49)48-33-29-43(37-52(48)57)53-34-30-44(38-58-53)56-60-54(41-21-13-9-14-22-41)59-55(61-56)42-23-15-10-16-24-42;/h9-10,13-18,21-28,30-38H,3-8,11-12,19-20H2,1-2H3;/q-1;. The summed E-state index contributed by atoms with van der Waals surface area (Å²) in [6, 6.07) is 56.5. The van der Waals surface area contributed by atoms with Gasteiger partial charge in [-0.05, 0) is 70.3 Å². The van der Waals surface area contributed by atoms with Crippen LogP contribution in [0.2, 0.25) is 0 Å². The SMILES string of the molecule is CCCCCCc1ccc2c(c1)C1(c3ccccc3-c3c[c-]c(-c4ccc(-c5nc(-c6ccccc6)nc(-c6ccccc6)n5)cn4)cc31)c1cc(CCCCCC)ccc1-2.[Ir]. The van der Waals surface area contributed by atoms with Gasteiger partial charge in [-0.1, -0.05) is 197 Å². The summed E-state index contributed by atoms with van der Waals surface area (Å²) in [6.45, 7) is 4.58. The second-order valence-electron chi connectivity index (χ2n) is 16.8. The molecule has 0 N–H and O–H groups in total. The Kier molecular flexibility index (Phi) is 12.2. The normalized spacial score (nSPS) is 12.7. The van der Waals surface area contributed by atoms with E-state index in [1.165, 1.54) is 107 Å². The van der Waals surface area contributed by atoms with Gasteiger partial charge in [0.05, 0.1) is 5.41 Å². The molecule has 0 aliphatic heterocycles. The van der Waals surface area contributed by atoms with Gasteiger partial charge in [-0.3, -0.25) is 0 Å². The van der Waals surface area contributed by atoms with E-state index >= 15 is 0 Å². The molecule has 1 radical (unpaired) electrons. The van der Waals surface area contributed by atoms with Crippen LogP contribution in [0.15, 0.2) is 152 Å². The van der Waals surface area contributed by atoms with E-state index in [1.54, 1.807) is 0 Å². The van der Waals surface area contributed by atoms with Crippen LogP contribution in [-0.4, -0.2) is 19.9 Å². The maximum Gasteiger partial charge on any atom is 0.165 e. The zero-order chi connectivity index (χ0) is 41.2. The van der Waals surface area contributed by atoms with Crippen molar-refractivity contribution in [1.82, 2.24) is 19.9 Å². The van der Waals surface area contributed by atoms with Crippen molar-refractivity contribution >= 4 is 0 Å². The molecule has 0 amide bonds. The summed E-state index contributed by atoms with van der Waals surface area (Å²) in [5.74, 6) is 1.86. The van der Waals surface area contributed by atoms with Crippen molar-refractivity contribution in [2.24, 2.45) is 0 Å². The van der Waals surface area contributed by atoms with Crippen molar-refractivity contribution < 1.29 is 20.1 Å². The molecule has 62 heavy (non-hydrogen) atoms. The average Bonchev–Trinajstić information content (AvgIpc) is 3.78. The summed E-state index contributed by atoms with van der Waals surface area (Å²) in [5, 5.41) is 0. The van der Waals surface area contributed by atoms with Gasteiger partial charge < -0.3 is 4.98 Å². The van der Waals surface area contributed by atoms with Crippen LogP contribution in [-0.2, 0) is 38.4 Å². The molecule has 309 valence electrons. The maximum atomic E-state index is 5.10. The van der Waals surface area contributed by atoms with Crippen molar-refractivity contribution in [3.63, 3.8) is 0 Å². The number of benzene rings is 6. The molecule has 0 unspecified atom stereocenters. The zero-order valence-corrected chi connectivity index (χ0v) is 38.0. The number of rotatable bonds is 14. The Labute approximate surface area is 380 Å². The van der Waals surface area contributed by atoms with Crippen LogP contribution in [0.25, 0.3) is 67.7 Å². The van der Waals surface area contributed by atoms with E-state index in [-0.39, 0.29) is 20.1 Å². The van der Waals surface area contributed by atoms with Crippen LogP contribution < -0.4 is 0 Å². The van der Waals surface area contributed by atoms with Gasteiger partial charge >= 0.3 is 0 Å². The monoisotopic (exact) mass is 984 g/mol. The zero-order valence-electron chi connectivity index (χ0n) is 35.6. The fraction of sp³-hybridized carbons (Fsp3) is 0.228. The number of hydrogen-bond acceptors (Lipinski definition) is 4. The van der Waals surface area contributed by atoms with Crippen LogP contribution in [0.4, 0.5) is 0 Å². The van der Waals surface area contributed by atoms with Gasteiger partial charge in [0.2, 0.25) is 0 Å². The largest absolute Gasteiger partial charge is 0.304 e. The van der Waals surface area contributed by atoms with Crippen molar-refractivity contribution in [3.05, 3.63) is 191 Å². The Balaban J connectivity index is 0.00000490. The topological polar surface area (TPSA) is 51.6 Å². The summed E-state index contributed by atoms with van der Waals surface area (Å²) >= 11 is 0. The fourth-order valence-electron chi connectivity index (χ4n) is 9.81. The molecule has 4 nitrogen and oxygen atoms in total.